The molecule has 0 radical (unpaired) electrons. The van der Waals surface area contributed by atoms with E-state index in [9.17, 15) is 19.5 Å². The second-order valence-corrected chi connectivity index (χ2v) is 11.7. The van der Waals surface area contributed by atoms with Crippen molar-refractivity contribution in [3.05, 3.63) is 24.3 Å². The quantitative estimate of drug-likeness (QED) is 0.0373. The van der Waals surface area contributed by atoms with Crippen LogP contribution in [0.5, 0.6) is 0 Å². The Morgan fingerprint density at radius 1 is 0.548 bits per heavy atom. The number of hydrogen-bond donors (Lipinski definition) is 1. The number of carbonyl (C=O) groups excluding carboxylic acids is 3. The van der Waals surface area contributed by atoms with Crippen LogP contribution in [0.15, 0.2) is 24.3 Å². The summed E-state index contributed by atoms with van der Waals surface area (Å²) >= 11 is 0. The molecular weight excluding hydrogens is 528 g/mol. The predicted molar refractivity (Wildman–Crippen MR) is 173 cm³/mol. The number of ether oxygens (including phenoxy) is 2. The van der Waals surface area contributed by atoms with Gasteiger partial charge in [0.2, 0.25) is 0 Å². The molecule has 0 unspecified atom stereocenters. The maximum Gasteiger partial charge on any atom is 0.305 e. The molecule has 42 heavy (non-hydrogen) atoms. The smallest absolute Gasteiger partial charge is 0.305 e. The van der Waals surface area contributed by atoms with Crippen LogP contribution in [0, 0.1) is 0 Å². The van der Waals surface area contributed by atoms with Crippen LogP contribution in [0.2, 0.25) is 0 Å². The Balaban J connectivity index is 3.52. The van der Waals surface area contributed by atoms with Gasteiger partial charge in [-0.05, 0) is 38.2 Å². The summed E-state index contributed by atoms with van der Waals surface area (Å²) in [4.78, 5) is 35.4. The van der Waals surface area contributed by atoms with Crippen LogP contribution in [-0.4, -0.2) is 42.1 Å². The molecule has 1 atom stereocenters. The fourth-order valence-corrected chi connectivity index (χ4v) is 4.71. The summed E-state index contributed by atoms with van der Waals surface area (Å²) in [7, 11) is 0. The van der Waals surface area contributed by atoms with Crippen LogP contribution in [0.3, 0.4) is 0 Å². The highest BCUT2D eigenvalue weighted by molar-refractivity contribution is 5.89. The van der Waals surface area contributed by atoms with Gasteiger partial charge in [0.1, 0.15) is 19.3 Å². The zero-order chi connectivity index (χ0) is 30.9. The maximum absolute atomic E-state index is 11.9. The number of esters is 2. The zero-order valence-corrected chi connectivity index (χ0v) is 27.3. The van der Waals surface area contributed by atoms with Crippen LogP contribution in [0.1, 0.15) is 168 Å². The van der Waals surface area contributed by atoms with Gasteiger partial charge in [-0.3, -0.25) is 14.4 Å². The lowest BCUT2D eigenvalue weighted by atomic mass is 10.0. The minimum atomic E-state index is -0.984. The summed E-state index contributed by atoms with van der Waals surface area (Å²) in [6.45, 7) is 4.10. The summed E-state index contributed by atoms with van der Waals surface area (Å²) in [6, 6.07) is 0. The summed E-state index contributed by atoms with van der Waals surface area (Å²) in [6.07, 6.45) is 32.0. The fraction of sp³-hybridized carbons (Fsp3) is 0.806. The maximum atomic E-state index is 11.9. The zero-order valence-electron chi connectivity index (χ0n) is 27.3. The number of rotatable bonds is 31. The molecule has 0 aromatic rings. The van der Waals surface area contributed by atoms with Gasteiger partial charge >= 0.3 is 11.9 Å². The molecule has 6 heteroatoms. The van der Waals surface area contributed by atoms with E-state index in [4.69, 9.17) is 9.47 Å². The molecule has 0 spiro atoms. The van der Waals surface area contributed by atoms with Crippen molar-refractivity contribution < 1.29 is 29.0 Å². The van der Waals surface area contributed by atoms with Crippen LogP contribution in [0.25, 0.3) is 0 Å². The van der Waals surface area contributed by atoms with E-state index in [0.29, 0.717) is 19.3 Å². The van der Waals surface area contributed by atoms with E-state index >= 15 is 0 Å². The van der Waals surface area contributed by atoms with E-state index in [-0.39, 0.29) is 30.9 Å². The van der Waals surface area contributed by atoms with E-state index in [1.807, 2.05) is 12.2 Å². The molecule has 0 heterocycles. The molecule has 0 aliphatic carbocycles. The van der Waals surface area contributed by atoms with Gasteiger partial charge in [0.25, 0.3) is 0 Å². The predicted octanol–water partition coefficient (Wildman–Crippen LogP) is 9.52. The Bertz CT molecular complexity index is 699. The van der Waals surface area contributed by atoms with E-state index in [2.05, 4.69) is 19.9 Å². The topological polar surface area (TPSA) is 89.9 Å². The molecule has 6 nitrogen and oxygen atoms in total. The van der Waals surface area contributed by atoms with Crippen molar-refractivity contribution in [3.8, 4) is 0 Å². The number of aliphatic hydroxyl groups excluding tert-OH is 1. The Kier molecular flexibility index (Phi) is 30.5. The molecule has 0 rings (SSSR count). The molecule has 244 valence electrons. The highest BCUT2D eigenvalue weighted by Crippen LogP contribution is 2.13. The second kappa shape index (κ2) is 32.0. The summed E-state index contributed by atoms with van der Waals surface area (Å²) in [5.74, 6) is -0.423. The molecule has 0 bridgehead atoms. The number of ketones is 1. The largest absolute Gasteiger partial charge is 0.463 e. The summed E-state index contributed by atoms with van der Waals surface area (Å²) in [5, 5.41) is 9.96. The second-order valence-electron chi connectivity index (χ2n) is 11.7. The number of hydrogen-bond acceptors (Lipinski definition) is 6. The number of aliphatic hydroxyl groups is 1. The average Bonchev–Trinajstić information content (AvgIpc) is 2.98. The molecule has 0 fully saturated rings. The summed E-state index contributed by atoms with van der Waals surface area (Å²) in [5.41, 5.74) is 0. The van der Waals surface area contributed by atoms with Crippen molar-refractivity contribution in [2.24, 2.45) is 0 Å². The standard InChI is InChI=1S/C36H64O6/c1-3-5-7-8-9-10-11-12-15-18-21-25-29-35(39)41-31-34(38)32-42-36(40)30-26-22-19-16-13-14-17-20-24-28-33(37)27-23-6-4-2/h17,20,24,28,34,38H,3-16,18-19,21-23,25-27,29-32H2,1-2H3/b20-17-,28-24+/t34-/m0/s1. The molecular formula is C36H64O6. The Hall–Kier alpha value is -1.95. The Labute approximate surface area is 258 Å². The van der Waals surface area contributed by atoms with Crippen molar-refractivity contribution in [2.45, 2.75) is 174 Å². The SMILES string of the molecule is CCCCCCCCCCCCCCC(=O)OC[C@H](O)COC(=O)CCCCCCC/C=C\C=C\C(=O)CCCCC. The lowest BCUT2D eigenvalue weighted by molar-refractivity contribution is -0.152. The monoisotopic (exact) mass is 592 g/mol. The molecule has 0 aromatic carbocycles. The third kappa shape index (κ3) is 31.0. The van der Waals surface area contributed by atoms with Crippen molar-refractivity contribution in [3.63, 3.8) is 0 Å². The first-order valence-corrected chi connectivity index (χ1v) is 17.3. The van der Waals surface area contributed by atoms with Gasteiger partial charge in [0, 0.05) is 19.3 Å². The molecule has 0 aliphatic heterocycles. The van der Waals surface area contributed by atoms with Crippen LogP contribution >= 0.6 is 0 Å². The van der Waals surface area contributed by atoms with Gasteiger partial charge in [0.05, 0.1) is 0 Å². The number of unbranched alkanes of at least 4 members (excludes halogenated alkanes) is 18. The number of carbonyl (C=O) groups is 3. The highest BCUT2D eigenvalue weighted by atomic mass is 16.6. The Morgan fingerprint density at radius 3 is 1.45 bits per heavy atom. The molecule has 0 amide bonds. The molecule has 0 saturated heterocycles. The van der Waals surface area contributed by atoms with Crippen molar-refractivity contribution in [1.82, 2.24) is 0 Å². The normalized spacial score (nSPS) is 12.3. The molecule has 0 aliphatic rings. The van der Waals surface area contributed by atoms with E-state index < -0.39 is 6.10 Å². The molecule has 0 saturated carbocycles. The van der Waals surface area contributed by atoms with Crippen LogP contribution in [-0.2, 0) is 23.9 Å². The van der Waals surface area contributed by atoms with Crippen molar-refractivity contribution in [2.75, 3.05) is 13.2 Å². The van der Waals surface area contributed by atoms with E-state index in [1.54, 1.807) is 6.08 Å². The minimum absolute atomic E-state index is 0.135. The van der Waals surface area contributed by atoms with Gasteiger partial charge in [0.15, 0.2) is 5.78 Å². The molecule has 1 N–H and O–H groups in total. The van der Waals surface area contributed by atoms with E-state index in [1.165, 1.54) is 57.8 Å². The van der Waals surface area contributed by atoms with Crippen LogP contribution in [0.4, 0.5) is 0 Å². The van der Waals surface area contributed by atoms with Crippen molar-refractivity contribution in [1.29, 1.82) is 0 Å². The summed E-state index contributed by atoms with van der Waals surface area (Å²) < 4.78 is 10.2. The fourth-order valence-electron chi connectivity index (χ4n) is 4.71. The number of allylic oxidation sites excluding steroid dienone is 4. The first-order chi connectivity index (χ1) is 20.5. The Morgan fingerprint density at radius 2 is 0.952 bits per heavy atom. The lowest BCUT2D eigenvalue weighted by Gasteiger charge is -2.12. The first-order valence-electron chi connectivity index (χ1n) is 17.3. The lowest BCUT2D eigenvalue weighted by Crippen LogP contribution is -2.25. The third-order valence-corrected chi connectivity index (χ3v) is 7.42. The van der Waals surface area contributed by atoms with E-state index in [0.717, 1.165) is 77.0 Å². The van der Waals surface area contributed by atoms with Gasteiger partial charge in [-0.1, -0.05) is 135 Å². The van der Waals surface area contributed by atoms with Crippen molar-refractivity contribution >= 4 is 17.7 Å². The van der Waals surface area contributed by atoms with Gasteiger partial charge in [-0.15, -0.1) is 0 Å². The average molecular weight is 593 g/mol. The minimum Gasteiger partial charge on any atom is -0.463 e. The molecule has 0 aromatic heterocycles. The van der Waals surface area contributed by atoms with Gasteiger partial charge in [-0.2, -0.15) is 0 Å². The third-order valence-electron chi connectivity index (χ3n) is 7.42. The highest BCUT2D eigenvalue weighted by Gasteiger charge is 2.12. The van der Waals surface area contributed by atoms with Gasteiger partial charge in [-0.25, -0.2) is 0 Å². The van der Waals surface area contributed by atoms with Gasteiger partial charge < -0.3 is 14.6 Å². The van der Waals surface area contributed by atoms with Crippen LogP contribution < -0.4 is 0 Å². The first kappa shape index (κ1) is 40.1.